The number of carboxylic acids is 1. The van der Waals surface area contributed by atoms with Gasteiger partial charge in [-0.25, -0.2) is 4.79 Å². The van der Waals surface area contributed by atoms with Gasteiger partial charge in [0, 0.05) is 44.1 Å². The first-order valence-corrected chi connectivity index (χ1v) is 10.7. The third-order valence-corrected chi connectivity index (χ3v) is 6.25. The number of amidine groups is 1. The van der Waals surface area contributed by atoms with E-state index in [1.165, 1.54) is 0 Å². The van der Waals surface area contributed by atoms with E-state index in [-0.39, 0.29) is 5.91 Å². The summed E-state index contributed by atoms with van der Waals surface area (Å²) >= 11 is 0. The predicted octanol–water partition coefficient (Wildman–Crippen LogP) is 1.49. The molecular weight excluding hydrogens is 400 g/mol. The number of nitrogens with one attached hydrogen (secondary N) is 1. The molecule has 2 saturated heterocycles. The number of aliphatic carboxylic acids is 1. The minimum atomic E-state index is -1.41. The zero-order valence-corrected chi connectivity index (χ0v) is 17.2. The number of carboxylic acid groups (broad SMARTS) is 1. The van der Waals surface area contributed by atoms with Crippen molar-refractivity contribution in [3.8, 4) is 0 Å². The lowest BCUT2D eigenvalue weighted by Gasteiger charge is -2.31. The van der Waals surface area contributed by atoms with Gasteiger partial charge in [0.2, 0.25) is 11.9 Å². The number of piperidine rings is 1. The lowest BCUT2D eigenvalue weighted by molar-refractivity contribution is -0.152. The van der Waals surface area contributed by atoms with E-state index in [0.717, 1.165) is 37.1 Å². The zero-order chi connectivity index (χ0) is 22.0. The topological polar surface area (TPSA) is 123 Å². The second kappa shape index (κ2) is 8.87. The van der Waals surface area contributed by atoms with Crippen molar-refractivity contribution in [1.82, 2.24) is 9.80 Å². The molecule has 1 atom stereocenters. The highest BCUT2D eigenvalue weighted by Gasteiger charge is 2.36. The van der Waals surface area contributed by atoms with E-state index < -0.39 is 23.8 Å². The van der Waals surface area contributed by atoms with Crippen LogP contribution in [0, 0.1) is 11.3 Å². The number of hydrogen-bond donors (Lipinski definition) is 2. The fourth-order valence-corrected chi connectivity index (χ4v) is 4.36. The summed E-state index contributed by atoms with van der Waals surface area (Å²) < 4.78 is 0. The molecule has 0 saturated carbocycles. The van der Waals surface area contributed by atoms with E-state index >= 15 is 0 Å². The Morgan fingerprint density at radius 1 is 1.00 bits per heavy atom. The van der Waals surface area contributed by atoms with Crippen molar-refractivity contribution in [1.29, 1.82) is 5.41 Å². The fourth-order valence-electron chi connectivity index (χ4n) is 4.36. The molecular formula is C22H26N4O5. The summed E-state index contributed by atoms with van der Waals surface area (Å²) in [6.45, 7) is 2.52. The maximum Gasteiger partial charge on any atom is 0.372 e. The van der Waals surface area contributed by atoms with Crippen molar-refractivity contribution in [2.24, 2.45) is 11.1 Å². The minimum absolute atomic E-state index is 0.188. The average Bonchev–Trinajstić information content (AvgIpc) is 3.50. The number of carbonyl (C=O) groups is 3. The smallest absolute Gasteiger partial charge is 0.372 e. The molecule has 4 rings (SSSR count). The van der Waals surface area contributed by atoms with Crippen molar-refractivity contribution in [2.75, 3.05) is 26.2 Å². The van der Waals surface area contributed by atoms with Crippen LogP contribution >= 0.6 is 0 Å². The summed E-state index contributed by atoms with van der Waals surface area (Å²) in [6, 6.07) is 7.60. The summed E-state index contributed by atoms with van der Waals surface area (Å²) in [5.41, 5.74) is 2.41. The Hall–Kier alpha value is -3.23. The Labute approximate surface area is 180 Å². The van der Waals surface area contributed by atoms with Crippen LogP contribution in [0.1, 0.15) is 43.2 Å². The number of benzene rings is 1. The van der Waals surface area contributed by atoms with E-state index in [0.29, 0.717) is 43.9 Å². The van der Waals surface area contributed by atoms with Crippen LogP contribution in [0.25, 0.3) is 0 Å². The lowest BCUT2D eigenvalue weighted by Crippen LogP contribution is -2.45. The Bertz CT molecular complexity index is 912. The minimum Gasteiger partial charge on any atom is -0.475 e. The number of Topliss-reactive ketones (excluding diaryl/α,β-unsaturated/α-hetero) is 1. The molecule has 0 radical (unpaired) electrons. The molecule has 164 valence electrons. The van der Waals surface area contributed by atoms with Crippen LogP contribution < -0.4 is 0 Å². The van der Waals surface area contributed by atoms with Gasteiger partial charge in [-0.3, -0.25) is 15.0 Å². The number of ketones is 1. The highest BCUT2D eigenvalue weighted by atomic mass is 16.6. The van der Waals surface area contributed by atoms with E-state index in [2.05, 4.69) is 10.1 Å². The van der Waals surface area contributed by atoms with E-state index in [4.69, 9.17) is 15.4 Å². The van der Waals surface area contributed by atoms with Crippen LogP contribution in [0.5, 0.6) is 0 Å². The number of hydrogen-bond acceptors (Lipinski definition) is 6. The van der Waals surface area contributed by atoms with Crippen molar-refractivity contribution in [2.45, 2.75) is 38.2 Å². The van der Waals surface area contributed by atoms with Gasteiger partial charge in [-0.1, -0.05) is 29.4 Å². The molecule has 3 heterocycles. The molecule has 0 aliphatic carbocycles. The molecule has 1 aromatic carbocycles. The molecule has 0 aromatic heterocycles. The third-order valence-electron chi connectivity index (χ3n) is 6.25. The molecule has 1 unspecified atom stereocenters. The second-order valence-electron chi connectivity index (χ2n) is 8.23. The van der Waals surface area contributed by atoms with E-state index in [9.17, 15) is 14.4 Å². The fraction of sp³-hybridized carbons (Fsp3) is 0.500. The number of oxime groups is 1. The molecule has 3 aliphatic rings. The maximum absolute atomic E-state index is 12.8. The Morgan fingerprint density at radius 3 is 2.26 bits per heavy atom. The van der Waals surface area contributed by atoms with Crippen LogP contribution in [-0.4, -0.2) is 76.4 Å². The van der Waals surface area contributed by atoms with Gasteiger partial charge >= 0.3 is 5.97 Å². The third kappa shape index (κ3) is 4.45. The monoisotopic (exact) mass is 426 g/mol. The summed E-state index contributed by atoms with van der Waals surface area (Å²) in [6.07, 6.45) is 2.60. The molecule has 0 bridgehead atoms. The van der Waals surface area contributed by atoms with Gasteiger partial charge in [-0.2, -0.15) is 0 Å². The Morgan fingerprint density at radius 2 is 1.65 bits per heavy atom. The molecule has 9 heteroatoms. The van der Waals surface area contributed by atoms with Crippen molar-refractivity contribution >= 4 is 29.2 Å². The van der Waals surface area contributed by atoms with Gasteiger partial charge in [0.1, 0.15) is 5.84 Å². The predicted molar refractivity (Wildman–Crippen MR) is 112 cm³/mol. The Kier molecular flexibility index (Phi) is 6.01. The molecule has 3 aliphatic heterocycles. The second-order valence-corrected chi connectivity index (χ2v) is 8.23. The maximum atomic E-state index is 12.8. The normalized spacial score (nSPS) is 21.5. The molecule has 31 heavy (non-hydrogen) atoms. The van der Waals surface area contributed by atoms with Crippen LogP contribution in [-0.2, 0) is 19.2 Å². The van der Waals surface area contributed by atoms with Gasteiger partial charge in [0.15, 0.2) is 0 Å². The quantitative estimate of drug-likeness (QED) is 0.418. The first kappa shape index (κ1) is 21.0. The molecule has 0 spiro atoms. The number of nitrogens with zero attached hydrogens (tertiary/aromatic N) is 3. The summed E-state index contributed by atoms with van der Waals surface area (Å²) in [5.74, 6) is -2.38. The van der Waals surface area contributed by atoms with Crippen LogP contribution in [0.15, 0.2) is 29.4 Å². The number of rotatable bonds is 5. The molecule has 1 aromatic rings. The number of amides is 1. The molecule has 1 amide bonds. The number of likely N-dealkylation sites (tertiary alicyclic amines) is 2. The van der Waals surface area contributed by atoms with E-state index in [1.54, 1.807) is 4.90 Å². The van der Waals surface area contributed by atoms with Crippen molar-refractivity contribution in [3.63, 3.8) is 0 Å². The van der Waals surface area contributed by atoms with Gasteiger partial charge < -0.3 is 19.7 Å². The van der Waals surface area contributed by atoms with Crippen molar-refractivity contribution < 1.29 is 24.3 Å². The number of carbonyl (C=O) groups excluding carboxylic acids is 2. The molecule has 2 fully saturated rings. The van der Waals surface area contributed by atoms with Crippen LogP contribution in [0.4, 0.5) is 0 Å². The zero-order valence-electron chi connectivity index (χ0n) is 17.2. The first-order valence-electron chi connectivity index (χ1n) is 10.7. The largest absolute Gasteiger partial charge is 0.475 e. The summed E-state index contributed by atoms with van der Waals surface area (Å²) in [4.78, 5) is 44.3. The van der Waals surface area contributed by atoms with Gasteiger partial charge in [0.05, 0.1) is 5.71 Å². The van der Waals surface area contributed by atoms with Gasteiger partial charge in [-0.15, -0.1) is 0 Å². The Balaban J connectivity index is 1.31. The first-order chi connectivity index (χ1) is 14.9. The van der Waals surface area contributed by atoms with E-state index in [1.807, 2.05) is 24.3 Å². The highest BCUT2D eigenvalue weighted by Crippen LogP contribution is 2.23. The lowest BCUT2D eigenvalue weighted by atomic mass is 9.92. The highest BCUT2D eigenvalue weighted by molar-refractivity contribution is 6.33. The molecule has 9 nitrogen and oxygen atoms in total. The van der Waals surface area contributed by atoms with Crippen molar-refractivity contribution in [3.05, 3.63) is 35.4 Å². The average molecular weight is 426 g/mol. The van der Waals surface area contributed by atoms with Gasteiger partial charge in [0.25, 0.3) is 5.91 Å². The van der Waals surface area contributed by atoms with Crippen LogP contribution in [0.2, 0.25) is 0 Å². The SMILES string of the molecule is N=C(c1ccc(C2=NOC(C(=O)N3CCC(C(=O)C(=O)O)CC3)C2)cc1)N1CCCC1. The molecule has 2 N–H and O–H groups in total. The standard InChI is InChI=1S/C22H26N4O5/c23-20(25-9-1-2-10-25)16-5-3-14(4-6-16)17-13-18(31-24-17)21(28)26-11-7-15(8-12-26)19(27)22(29)30/h3-6,15,18,23H,1-2,7-13H2,(H,29,30). The van der Waals surface area contributed by atoms with Crippen LogP contribution in [0.3, 0.4) is 0 Å². The summed E-state index contributed by atoms with van der Waals surface area (Å²) in [5, 5.41) is 21.3. The summed E-state index contributed by atoms with van der Waals surface area (Å²) in [7, 11) is 0. The van der Waals surface area contributed by atoms with Gasteiger partial charge in [-0.05, 0) is 31.2 Å².